The highest BCUT2D eigenvalue weighted by Crippen LogP contribution is 2.14. The fraction of sp³-hybridized carbons (Fsp3) is 0.333. The molecule has 0 heterocycles. The third-order valence-electron chi connectivity index (χ3n) is 2.11. The molecule has 0 atom stereocenters. The lowest BCUT2D eigenvalue weighted by Crippen LogP contribution is -2.27. The Bertz CT molecular complexity index is 405. The highest BCUT2D eigenvalue weighted by atomic mass is 32.2. The van der Waals surface area contributed by atoms with Gasteiger partial charge >= 0.3 is 5.97 Å². The van der Waals surface area contributed by atoms with E-state index >= 15 is 0 Å². The summed E-state index contributed by atoms with van der Waals surface area (Å²) in [5.41, 5.74) is 0.575. The lowest BCUT2D eigenvalue weighted by atomic mass is 10.2. The maximum Gasteiger partial charge on any atom is 0.329 e. The fourth-order valence-electron chi connectivity index (χ4n) is 1.24. The van der Waals surface area contributed by atoms with Crippen molar-refractivity contribution in [2.75, 3.05) is 26.0 Å². The van der Waals surface area contributed by atoms with Gasteiger partial charge in [-0.1, -0.05) is 0 Å². The molecule has 0 aromatic heterocycles. The van der Waals surface area contributed by atoms with Crippen LogP contribution in [0.1, 0.15) is 10.4 Å². The first-order valence-electron chi connectivity index (χ1n) is 5.35. The van der Waals surface area contributed by atoms with Crippen LogP contribution in [0, 0.1) is 0 Å². The normalized spacial score (nSPS) is 10.1. The van der Waals surface area contributed by atoms with Crippen molar-refractivity contribution < 1.29 is 19.4 Å². The van der Waals surface area contributed by atoms with Gasteiger partial charge < -0.3 is 15.2 Å². The molecule has 0 aliphatic rings. The highest BCUT2D eigenvalue weighted by molar-refractivity contribution is 7.98. The van der Waals surface area contributed by atoms with Crippen LogP contribution >= 0.6 is 11.8 Å². The maximum absolute atomic E-state index is 11.7. The summed E-state index contributed by atoms with van der Waals surface area (Å²) < 4.78 is 4.80. The fourth-order valence-corrected chi connectivity index (χ4v) is 1.65. The average molecular weight is 269 g/mol. The summed E-state index contributed by atoms with van der Waals surface area (Å²) in [4.78, 5) is 22.9. The van der Waals surface area contributed by atoms with E-state index in [-0.39, 0.29) is 25.7 Å². The van der Waals surface area contributed by atoms with Crippen molar-refractivity contribution in [3.8, 4) is 0 Å². The molecule has 0 spiro atoms. The summed E-state index contributed by atoms with van der Waals surface area (Å²) in [5.74, 6) is -1.21. The molecule has 18 heavy (non-hydrogen) atoms. The molecule has 0 unspecified atom stereocenters. The third kappa shape index (κ3) is 5.20. The molecule has 1 amide bonds. The molecule has 0 radical (unpaired) electrons. The Labute approximate surface area is 110 Å². The van der Waals surface area contributed by atoms with Crippen molar-refractivity contribution in [2.45, 2.75) is 4.90 Å². The number of aliphatic carboxylic acids is 1. The largest absolute Gasteiger partial charge is 0.480 e. The summed E-state index contributed by atoms with van der Waals surface area (Å²) >= 11 is 1.61. The molecular formula is C12H15NO4S. The molecule has 2 N–H and O–H groups in total. The second-order valence-electron chi connectivity index (χ2n) is 3.43. The number of hydrogen-bond acceptors (Lipinski definition) is 4. The number of carbonyl (C=O) groups excluding carboxylic acids is 1. The van der Waals surface area contributed by atoms with Gasteiger partial charge in [0.05, 0.1) is 6.61 Å². The molecule has 1 aromatic carbocycles. The van der Waals surface area contributed by atoms with Gasteiger partial charge in [-0.25, -0.2) is 4.79 Å². The van der Waals surface area contributed by atoms with Gasteiger partial charge in [0.2, 0.25) is 0 Å². The van der Waals surface area contributed by atoms with Crippen LogP contribution in [0.3, 0.4) is 0 Å². The molecule has 98 valence electrons. The number of carboxylic acid groups (broad SMARTS) is 1. The molecule has 0 saturated heterocycles. The van der Waals surface area contributed by atoms with Gasteiger partial charge in [-0.05, 0) is 30.5 Å². The van der Waals surface area contributed by atoms with Crippen molar-refractivity contribution in [3.63, 3.8) is 0 Å². The number of ether oxygens (including phenoxy) is 1. The van der Waals surface area contributed by atoms with E-state index in [4.69, 9.17) is 9.84 Å². The van der Waals surface area contributed by atoms with E-state index in [1.165, 1.54) is 0 Å². The third-order valence-corrected chi connectivity index (χ3v) is 2.85. The van der Waals surface area contributed by atoms with Gasteiger partial charge in [0.15, 0.2) is 0 Å². The van der Waals surface area contributed by atoms with E-state index in [0.29, 0.717) is 5.56 Å². The minimum atomic E-state index is -1.02. The zero-order valence-corrected chi connectivity index (χ0v) is 10.8. The van der Waals surface area contributed by atoms with E-state index in [2.05, 4.69) is 5.32 Å². The maximum atomic E-state index is 11.7. The van der Waals surface area contributed by atoms with Gasteiger partial charge in [-0.2, -0.15) is 0 Å². The van der Waals surface area contributed by atoms with E-state index in [0.717, 1.165) is 4.90 Å². The quantitative estimate of drug-likeness (QED) is 0.575. The van der Waals surface area contributed by atoms with Crippen LogP contribution in [0.15, 0.2) is 29.2 Å². The van der Waals surface area contributed by atoms with Gasteiger partial charge in [-0.15, -0.1) is 11.8 Å². The predicted molar refractivity (Wildman–Crippen MR) is 69.0 cm³/mol. The zero-order chi connectivity index (χ0) is 13.4. The number of rotatable bonds is 7. The molecule has 6 heteroatoms. The van der Waals surface area contributed by atoms with Crippen LogP contribution in [0.5, 0.6) is 0 Å². The minimum Gasteiger partial charge on any atom is -0.480 e. The van der Waals surface area contributed by atoms with Crippen molar-refractivity contribution >= 4 is 23.6 Å². The van der Waals surface area contributed by atoms with E-state index < -0.39 is 5.97 Å². The van der Waals surface area contributed by atoms with Crippen molar-refractivity contribution in [2.24, 2.45) is 0 Å². The van der Waals surface area contributed by atoms with Crippen molar-refractivity contribution in [3.05, 3.63) is 29.8 Å². The summed E-state index contributed by atoms with van der Waals surface area (Å²) in [7, 11) is 0. The number of carboxylic acids is 1. The smallest absolute Gasteiger partial charge is 0.329 e. The molecule has 0 fully saturated rings. The van der Waals surface area contributed by atoms with Crippen LogP contribution < -0.4 is 5.32 Å². The number of thioether (sulfide) groups is 1. The number of carbonyl (C=O) groups is 2. The van der Waals surface area contributed by atoms with E-state index in [1.54, 1.807) is 23.9 Å². The Morgan fingerprint density at radius 1 is 1.33 bits per heavy atom. The zero-order valence-electron chi connectivity index (χ0n) is 10.0. The second kappa shape index (κ2) is 7.73. The van der Waals surface area contributed by atoms with E-state index in [1.807, 2.05) is 18.4 Å². The van der Waals surface area contributed by atoms with Crippen molar-refractivity contribution in [1.29, 1.82) is 0 Å². The first-order chi connectivity index (χ1) is 8.63. The number of hydrogen-bond donors (Lipinski definition) is 2. The van der Waals surface area contributed by atoms with Crippen LogP contribution in [0.2, 0.25) is 0 Å². The molecule has 1 rings (SSSR count). The first kappa shape index (κ1) is 14.5. The van der Waals surface area contributed by atoms with Crippen LogP contribution in [0.25, 0.3) is 0 Å². The number of amides is 1. The van der Waals surface area contributed by atoms with Crippen LogP contribution in [-0.4, -0.2) is 43.0 Å². The molecule has 0 bridgehead atoms. The Balaban J connectivity index is 2.29. The van der Waals surface area contributed by atoms with Gasteiger partial charge in [-0.3, -0.25) is 4.79 Å². The Morgan fingerprint density at radius 3 is 2.56 bits per heavy atom. The first-order valence-corrected chi connectivity index (χ1v) is 6.57. The molecule has 0 saturated carbocycles. The molecular weight excluding hydrogens is 254 g/mol. The number of benzene rings is 1. The minimum absolute atomic E-state index is 0.181. The molecule has 5 nitrogen and oxygen atoms in total. The van der Waals surface area contributed by atoms with E-state index in [9.17, 15) is 9.59 Å². The SMILES string of the molecule is CSc1ccc(C(=O)NCCOCC(=O)O)cc1. The van der Waals surface area contributed by atoms with Crippen LogP contribution in [-0.2, 0) is 9.53 Å². The predicted octanol–water partition coefficient (Wildman–Crippen LogP) is 1.24. The molecule has 0 aliphatic heterocycles. The topological polar surface area (TPSA) is 75.6 Å². The molecule has 0 aliphatic carbocycles. The summed E-state index contributed by atoms with van der Waals surface area (Å²) in [6, 6.07) is 7.25. The second-order valence-corrected chi connectivity index (χ2v) is 4.31. The Kier molecular flexibility index (Phi) is 6.24. The Morgan fingerprint density at radius 2 is 2.00 bits per heavy atom. The number of nitrogens with one attached hydrogen (secondary N) is 1. The summed E-state index contributed by atoms with van der Waals surface area (Å²) in [6.45, 7) is 0.121. The van der Waals surface area contributed by atoms with Gasteiger partial charge in [0, 0.05) is 17.0 Å². The lowest BCUT2D eigenvalue weighted by molar-refractivity contribution is -0.142. The highest BCUT2D eigenvalue weighted by Gasteiger charge is 2.04. The monoisotopic (exact) mass is 269 g/mol. The van der Waals surface area contributed by atoms with Crippen LogP contribution in [0.4, 0.5) is 0 Å². The lowest BCUT2D eigenvalue weighted by Gasteiger charge is -2.05. The summed E-state index contributed by atoms with van der Waals surface area (Å²) in [6.07, 6.45) is 1.97. The Hall–Kier alpha value is -1.53. The average Bonchev–Trinajstić information content (AvgIpc) is 2.38. The molecule has 1 aromatic rings. The standard InChI is InChI=1S/C12H15NO4S/c1-18-10-4-2-9(3-5-10)12(16)13-6-7-17-8-11(14)15/h2-5H,6-8H2,1H3,(H,13,16)(H,14,15). The summed E-state index contributed by atoms with van der Waals surface area (Å²) in [5, 5.41) is 11.0. The van der Waals surface area contributed by atoms with Gasteiger partial charge in [0.25, 0.3) is 5.91 Å². The van der Waals surface area contributed by atoms with Crippen molar-refractivity contribution in [1.82, 2.24) is 5.32 Å². The van der Waals surface area contributed by atoms with Gasteiger partial charge in [0.1, 0.15) is 6.61 Å².